The summed E-state index contributed by atoms with van der Waals surface area (Å²) in [5, 5.41) is 11.1. The van der Waals surface area contributed by atoms with E-state index in [9.17, 15) is 4.79 Å². The average Bonchev–Trinajstić information content (AvgIpc) is 2.14. The Morgan fingerprint density at radius 2 is 1.94 bits per heavy atom. The summed E-state index contributed by atoms with van der Waals surface area (Å²) in [7, 11) is 3.30. The Labute approximate surface area is 103 Å². The lowest BCUT2D eigenvalue weighted by Gasteiger charge is -2.17. The zero-order valence-electron chi connectivity index (χ0n) is 9.48. The SMILES string of the molecule is CC(C)(C)SSc1ccccc1NC(=O)O. The summed E-state index contributed by atoms with van der Waals surface area (Å²) in [6.07, 6.45) is -1.03. The smallest absolute Gasteiger partial charge is 0.409 e. The van der Waals surface area contributed by atoms with Gasteiger partial charge in [-0.1, -0.05) is 54.5 Å². The van der Waals surface area contributed by atoms with Crippen LogP contribution in [-0.4, -0.2) is 15.9 Å². The van der Waals surface area contributed by atoms with Crippen molar-refractivity contribution in [3.8, 4) is 0 Å². The van der Waals surface area contributed by atoms with Gasteiger partial charge >= 0.3 is 6.09 Å². The number of benzene rings is 1. The third-order valence-electron chi connectivity index (χ3n) is 1.51. The summed E-state index contributed by atoms with van der Waals surface area (Å²) in [5.41, 5.74) is 0.636. The number of hydrogen-bond acceptors (Lipinski definition) is 3. The van der Waals surface area contributed by atoms with Crippen molar-refractivity contribution in [1.82, 2.24) is 0 Å². The van der Waals surface area contributed by atoms with Gasteiger partial charge in [0.1, 0.15) is 0 Å². The van der Waals surface area contributed by atoms with E-state index in [2.05, 4.69) is 26.1 Å². The van der Waals surface area contributed by atoms with E-state index in [-0.39, 0.29) is 4.75 Å². The molecule has 0 spiro atoms. The van der Waals surface area contributed by atoms with Crippen molar-refractivity contribution >= 4 is 33.4 Å². The number of amides is 1. The molecular formula is C11H15NO2S2. The molecule has 0 aromatic heterocycles. The van der Waals surface area contributed by atoms with Gasteiger partial charge in [-0.25, -0.2) is 4.79 Å². The van der Waals surface area contributed by atoms with E-state index in [1.165, 1.54) is 0 Å². The first-order chi connectivity index (χ1) is 7.38. The summed E-state index contributed by atoms with van der Waals surface area (Å²) in [6.45, 7) is 6.37. The Balaban J connectivity index is 2.75. The normalized spacial score (nSPS) is 11.2. The van der Waals surface area contributed by atoms with Crippen molar-refractivity contribution in [3.05, 3.63) is 24.3 Å². The minimum Gasteiger partial charge on any atom is -0.465 e. The van der Waals surface area contributed by atoms with Crippen LogP contribution in [0.3, 0.4) is 0 Å². The van der Waals surface area contributed by atoms with Gasteiger partial charge in [0.2, 0.25) is 0 Å². The molecule has 0 aliphatic carbocycles. The zero-order valence-corrected chi connectivity index (χ0v) is 11.1. The molecule has 0 unspecified atom stereocenters. The van der Waals surface area contributed by atoms with Crippen molar-refractivity contribution in [3.63, 3.8) is 0 Å². The van der Waals surface area contributed by atoms with Crippen molar-refractivity contribution < 1.29 is 9.90 Å². The van der Waals surface area contributed by atoms with Crippen LogP contribution in [0.1, 0.15) is 20.8 Å². The number of rotatable bonds is 3. The van der Waals surface area contributed by atoms with Gasteiger partial charge in [-0.15, -0.1) is 0 Å². The minimum atomic E-state index is -1.03. The van der Waals surface area contributed by atoms with Gasteiger partial charge in [0.15, 0.2) is 0 Å². The highest BCUT2D eigenvalue weighted by Crippen LogP contribution is 2.43. The van der Waals surface area contributed by atoms with Gasteiger partial charge in [-0.3, -0.25) is 5.32 Å². The highest BCUT2D eigenvalue weighted by Gasteiger charge is 2.13. The first-order valence-electron chi connectivity index (χ1n) is 4.83. The van der Waals surface area contributed by atoms with Gasteiger partial charge in [-0.2, -0.15) is 0 Å². The first-order valence-corrected chi connectivity index (χ1v) is 6.98. The lowest BCUT2D eigenvalue weighted by atomic mass is 10.3. The summed E-state index contributed by atoms with van der Waals surface area (Å²) in [6, 6.07) is 7.39. The molecular weight excluding hydrogens is 242 g/mol. The van der Waals surface area contributed by atoms with E-state index in [0.29, 0.717) is 5.69 Å². The molecule has 0 saturated heterocycles. The standard InChI is InChI=1S/C11H15NO2S2/c1-11(2,3)16-15-9-7-5-4-6-8(9)12-10(13)14/h4-7,12H,1-3H3,(H,13,14). The monoisotopic (exact) mass is 257 g/mol. The van der Waals surface area contributed by atoms with E-state index >= 15 is 0 Å². The van der Waals surface area contributed by atoms with Crippen LogP contribution < -0.4 is 5.32 Å². The molecule has 2 N–H and O–H groups in total. The first kappa shape index (κ1) is 13.3. The molecule has 0 radical (unpaired) electrons. The number of hydrogen-bond donors (Lipinski definition) is 2. The summed E-state index contributed by atoms with van der Waals surface area (Å²) in [4.78, 5) is 11.5. The van der Waals surface area contributed by atoms with Gasteiger partial charge < -0.3 is 5.11 Å². The van der Waals surface area contributed by atoms with E-state index < -0.39 is 6.09 Å². The summed E-state index contributed by atoms with van der Waals surface area (Å²) >= 11 is 0. The largest absolute Gasteiger partial charge is 0.465 e. The molecule has 0 aliphatic rings. The molecule has 1 amide bonds. The van der Waals surface area contributed by atoms with Crippen LogP contribution >= 0.6 is 21.6 Å². The van der Waals surface area contributed by atoms with E-state index in [1.54, 1.807) is 27.7 Å². The van der Waals surface area contributed by atoms with Crippen LogP contribution in [0.5, 0.6) is 0 Å². The molecule has 0 saturated carbocycles. The fourth-order valence-electron chi connectivity index (χ4n) is 0.928. The highest BCUT2D eigenvalue weighted by atomic mass is 33.1. The Morgan fingerprint density at radius 3 is 2.50 bits per heavy atom. The molecule has 0 fully saturated rings. The second-order valence-corrected chi connectivity index (χ2v) is 7.20. The number of nitrogens with one attached hydrogen (secondary N) is 1. The van der Waals surface area contributed by atoms with Crippen LogP contribution in [0.25, 0.3) is 0 Å². The van der Waals surface area contributed by atoms with E-state index in [1.807, 2.05) is 18.2 Å². The van der Waals surface area contributed by atoms with Gasteiger partial charge in [0.25, 0.3) is 0 Å². The number of carboxylic acid groups (broad SMARTS) is 1. The van der Waals surface area contributed by atoms with Crippen LogP contribution in [-0.2, 0) is 0 Å². The number of para-hydroxylation sites is 1. The van der Waals surface area contributed by atoms with Crippen molar-refractivity contribution in [2.45, 2.75) is 30.4 Å². The fraction of sp³-hybridized carbons (Fsp3) is 0.364. The van der Waals surface area contributed by atoms with Crippen LogP contribution in [0.15, 0.2) is 29.2 Å². The maximum absolute atomic E-state index is 10.6. The molecule has 1 aromatic carbocycles. The topological polar surface area (TPSA) is 49.3 Å². The molecule has 88 valence electrons. The second-order valence-electron chi connectivity index (χ2n) is 4.21. The predicted octanol–water partition coefficient (Wildman–Crippen LogP) is 4.32. The fourth-order valence-corrected chi connectivity index (χ4v) is 3.07. The van der Waals surface area contributed by atoms with Crippen LogP contribution in [0.2, 0.25) is 0 Å². The van der Waals surface area contributed by atoms with Gasteiger partial charge in [0, 0.05) is 9.64 Å². The zero-order chi connectivity index (χ0) is 12.2. The molecule has 0 heterocycles. The third kappa shape index (κ3) is 4.81. The van der Waals surface area contributed by atoms with Crippen molar-refractivity contribution in [2.75, 3.05) is 5.32 Å². The Morgan fingerprint density at radius 1 is 1.31 bits per heavy atom. The highest BCUT2D eigenvalue weighted by molar-refractivity contribution is 8.77. The Hall–Kier alpha value is -0.810. The van der Waals surface area contributed by atoms with Crippen molar-refractivity contribution in [1.29, 1.82) is 0 Å². The molecule has 5 heteroatoms. The number of carbonyl (C=O) groups is 1. The molecule has 0 atom stereocenters. The lowest BCUT2D eigenvalue weighted by Crippen LogP contribution is -2.08. The molecule has 0 bridgehead atoms. The minimum absolute atomic E-state index is 0.140. The van der Waals surface area contributed by atoms with Crippen LogP contribution in [0.4, 0.5) is 10.5 Å². The number of anilines is 1. The molecule has 0 aliphatic heterocycles. The molecule has 1 aromatic rings. The molecule has 3 nitrogen and oxygen atoms in total. The predicted molar refractivity (Wildman–Crippen MR) is 71.3 cm³/mol. The van der Waals surface area contributed by atoms with Crippen molar-refractivity contribution in [2.24, 2.45) is 0 Å². The maximum Gasteiger partial charge on any atom is 0.409 e. The van der Waals surface area contributed by atoms with E-state index in [0.717, 1.165) is 4.90 Å². The molecule has 1 rings (SSSR count). The average molecular weight is 257 g/mol. The molecule has 16 heavy (non-hydrogen) atoms. The summed E-state index contributed by atoms with van der Waals surface area (Å²) in [5.74, 6) is 0. The van der Waals surface area contributed by atoms with E-state index in [4.69, 9.17) is 5.11 Å². The Bertz CT molecular complexity index is 374. The quantitative estimate of drug-likeness (QED) is 0.792. The summed E-state index contributed by atoms with van der Waals surface area (Å²) < 4.78 is 0.140. The van der Waals surface area contributed by atoms with Gasteiger partial charge in [0.05, 0.1) is 5.69 Å². The Kier molecular flexibility index (Phi) is 4.56. The van der Waals surface area contributed by atoms with Crippen LogP contribution in [0, 0.1) is 0 Å². The second kappa shape index (κ2) is 5.50. The van der Waals surface area contributed by atoms with Gasteiger partial charge in [-0.05, 0) is 12.1 Å². The lowest BCUT2D eigenvalue weighted by molar-refractivity contribution is 0.209. The maximum atomic E-state index is 10.6. The third-order valence-corrected chi connectivity index (χ3v) is 4.92.